The monoisotopic (exact) mass is 345 g/mol. The van der Waals surface area contributed by atoms with Crippen LogP contribution in [0, 0.1) is 25.2 Å². The average molecular weight is 346 g/mol. The SMILES string of the molecule is CSCCNC(=O)/C(C#N)=C/c1cc(C)n(C2CCCCC2)c1C. The van der Waals surface area contributed by atoms with Gasteiger partial charge in [-0.05, 0) is 50.7 Å². The lowest BCUT2D eigenvalue weighted by Crippen LogP contribution is -2.26. The molecule has 1 fully saturated rings. The van der Waals surface area contributed by atoms with E-state index in [0.717, 1.165) is 17.0 Å². The third-order valence-corrected chi connectivity index (χ3v) is 5.33. The summed E-state index contributed by atoms with van der Waals surface area (Å²) < 4.78 is 2.39. The fourth-order valence-electron chi connectivity index (χ4n) is 3.52. The molecule has 1 aliphatic rings. The standard InChI is InChI=1S/C19H27N3OS/c1-14-11-16(12-17(13-20)19(23)21-9-10-24-3)15(2)22(14)18-7-5-4-6-8-18/h11-12,18H,4-10H2,1-3H3,(H,21,23)/b17-12+. The van der Waals surface area contributed by atoms with Crippen molar-refractivity contribution in [2.24, 2.45) is 0 Å². The molecule has 1 aromatic heterocycles. The van der Waals surface area contributed by atoms with Crippen LogP contribution in [-0.2, 0) is 4.79 Å². The van der Waals surface area contributed by atoms with Crippen LogP contribution in [0.3, 0.4) is 0 Å². The third kappa shape index (κ3) is 4.45. The van der Waals surface area contributed by atoms with Crippen molar-refractivity contribution in [1.82, 2.24) is 9.88 Å². The molecule has 1 amide bonds. The van der Waals surface area contributed by atoms with Gasteiger partial charge in [0.05, 0.1) is 0 Å². The van der Waals surface area contributed by atoms with Gasteiger partial charge in [0.2, 0.25) is 0 Å². The Bertz CT molecular complexity index is 648. The molecular formula is C19H27N3OS. The van der Waals surface area contributed by atoms with Gasteiger partial charge in [0.15, 0.2) is 0 Å². The van der Waals surface area contributed by atoms with Crippen LogP contribution in [0.15, 0.2) is 11.6 Å². The van der Waals surface area contributed by atoms with Crippen LogP contribution in [-0.4, -0.2) is 29.0 Å². The van der Waals surface area contributed by atoms with Crippen LogP contribution in [0.4, 0.5) is 0 Å². The summed E-state index contributed by atoms with van der Waals surface area (Å²) in [4.78, 5) is 12.1. The Labute approximate surface area is 149 Å². The van der Waals surface area contributed by atoms with Crippen molar-refractivity contribution in [3.8, 4) is 6.07 Å². The number of nitrogens with one attached hydrogen (secondary N) is 1. The summed E-state index contributed by atoms with van der Waals surface area (Å²) >= 11 is 1.67. The summed E-state index contributed by atoms with van der Waals surface area (Å²) in [6.45, 7) is 4.79. The smallest absolute Gasteiger partial charge is 0.261 e. The number of nitriles is 1. The van der Waals surface area contributed by atoms with E-state index in [-0.39, 0.29) is 11.5 Å². The summed E-state index contributed by atoms with van der Waals surface area (Å²) in [6.07, 6.45) is 10.1. The lowest BCUT2D eigenvalue weighted by molar-refractivity contribution is -0.116. The molecular weight excluding hydrogens is 318 g/mol. The van der Waals surface area contributed by atoms with Crippen molar-refractivity contribution in [1.29, 1.82) is 5.26 Å². The predicted molar refractivity (Wildman–Crippen MR) is 101 cm³/mol. The molecule has 1 heterocycles. The molecule has 4 nitrogen and oxygen atoms in total. The number of thioether (sulfide) groups is 1. The van der Waals surface area contributed by atoms with Gasteiger partial charge >= 0.3 is 0 Å². The number of aromatic nitrogens is 1. The van der Waals surface area contributed by atoms with E-state index < -0.39 is 0 Å². The molecule has 0 aromatic carbocycles. The molecule has 1 N–H and O–H groups in total. The van der Waals surface area contributed by atoms with Crippen molar-refractivity contribution in [2.45, 2.75) is 52.0 Å². The molecule has 1 aliphatic carbocycles. The number of aryl methyl sites for hydroxylation is 1. The molecule has 0 spiro atoms. The highest BCUT2D eigenvalue weighted by atomic mass is 32.2. The highest BCUT2D eigenvalue weighted by Gasteiger charge is 2.20. The lowest BCUT2D eigenvalue weighted by Gasteiger charge is -2.26. The first-order valence-corrected chi connectivity index (χ1v) is 10.0. The highest BCUT2D eigenvalue weighted by Crippen LogP contribution is 2.32. The van der Waals surface area contributed by atoms with E-state index in [1.54, 1.807) is 17.8 Å². The van der Waals surface area contributed by atoms with E-state index in [2.05, 4.69) is 29.8 Å². The minimum absolute atomic E-state index is 0.181. The van der Waals surface area contributed by atoms with Gasteiger partial charge in [0.25, 0.3) is 5.91 Å². The molecule has 0 bridgehead atoms. The van der Waals surface area contributed by atoms with Crippen LogP contribution < -0.4 is 5.32 Å². The first-order chi connectivity index (χ1) is 11.6. The summed E-state index contributed by atoms with van der Waals surface area (Å²) in [6, 6.07) is 4.70. The zero-order chi connectivity index (χ0) is 17.5. The molecule has 24 heavy (non-hydrogen) atoms. The Morgan fingerprint density at radius 3 is 2.75 bits per heavy atom. The zero-order valence-electron chi connectivity index (χ0n) is 14.9. The summed E-state index contributed by atoms with van der Waals surface area (Å²) in [5.74, 6) is 0.565. The summed E-state index contributed by atoms with van der Waals surface area (Å²) in [5.41, 5.74) is 3.53. The summed E-state index contributed by atoms with van der Waals surface area (Å²) in [7, 11) is 0. The van der Waals surface area contributed by atoms with E-state index in [1.165, 1.54) is 37.8 Å². The van der Waals surface area contributed by atoms with E-state index in [4.69, 9.17) is 0 Å². The topological polar surface area (TPSA) is 57.8 Å². The fourth-order valence-corrected chi connectivity index (χ4v) is 3.82. The molecule has 1 aromatic rings. The molecule has 0 aliphatic heterocycles. The quantitative estimate of drug-likeness (QED) is 0.482. The maximum atomic E-state index is 12.1. The van der Waals surface area contributed by atoms with Gasteiger partial charge in [-0.3, -0.25) is 4.79 Å². The van der Waals surface area contributed by atoms with Gasteiger partial charge in [-0.1, -0.05) is 19.3 Å². The first kappa shape index (κ1) is 18.7. The van der Waals surface area contributed by atoms with E-state index >= 15 is 0 Å². The van der Waals surface area contributed by atoms with E-state index in [1.807, 2.05) is 12.3 Å². The second kappa shape index (κ2) is 8.98. The minimum Gasteiger partial charge on any atom is -0.351 e. The Hall–Kier alpha value is -1.67. The highest BCUT2D eigenvalue weighted by molar-refractivity contribution is 7.98. The second-order valence-corrected chi connectivity index (χ2v) is 7.39. The van der Waals surface area contributed by atoms with Crippen molar-refractivity contribution >= 4 is 23.7 Å². The van der Waals surface area contributed by atoms with Gasteiger partial charge in [0, 0.05) is 29.7 Å². The van der Waals surface area contributed by atoms with E-state index in [0.29, 0.717) is 12.6 Å². The molecule has 130 valence electrons. The number of carbonyl (C=O) groups excluding carboxylic acids is 1. The Morgan fingerprint density at radius 2 is 2.12 bits per heavy atom. The molecule has 2 rings (SSSR count). The fraction of sp³-hybridized carbons (Fsp3) is 0.579. The number of hydrogen-bond donors (Lipinski definition) is 1. The normalized spacial score (nSPS) is 16.0. The number of rotatable bonds is 6. The maximum absolute atomic E-state index is 12.1. The van der Waals surface area contributed by atoms with Gasteiger partial charge in [0.1, 0.15) is 11.6 Å². The van der Waals surface area contributed by atoms with E-state index in [9.17, 15) is 10.1 Å². The Kier molecular flexibility index (Phi) is 6.99. The number of hydrogen-bond acceptors (Lipinski definition) is 3. The van der Waals surface area contributed by atoms with Gasteiger partial charge in [-0.15, -0.1) is 0 Å². The van der Waals surface area contributed by atoms with Crippen molar-refractivity contribution in [3.05, 3.63) is 28.6 Å². The molecule has 5 heteroatoms. The minimum atomic E-state index is -0.283. The maximum Gasteiger partial charge on any atom is 0.261 e. The average Bonchev–Trinajstić information content (AvgIpc) is 2.87. The number of carbonyl (C=O) groups is 1. The van der Waals surface area contributed by atoms with Gasteiger partial charge in [-0.25, -0.2) is 0 Å². The third-order valence-electron chi connectivity index (χ3n) is 4.72. The van der Waals surface area contributed by atoms with Gasteiger partial charge < -0.3 is 9.88 Å². The second-order valence-electron chi connectivity index (χ2n) is 6.41. The van der Waals surface area contributed by atoms with Crippen molar-refractivity contribution in [3.63, 3.8) is 0 Å². The Morgan fingerprint density at radius 1 is 1.42 bits per heavy atom. The molecule has 0 radical (unpaired) electrons. The first-order valence-electron chi connectivity index (χ1n) is 8.65. The molecule has 0 atom stereocenters. The Balaban J connectivity index is 2.21. The zero-order valence-corrected chi connectivity index (χ0v) is 15.7. The van der Waals surface area contributed by atoms with Crippen LogP contribution in [0.1, 0.15) is 55.1 Å². The molecule has 1 saturated carbocycles. The van der Waals surface area contributed by atoms with Crippen molar-refractivity contribution < 1.29 is 4.79 Å². The lowest BCUT2D eigenvalue weighted by atomic mass is 9.95. The number of nitrogens with zero attached hydrogens (tertiary/aromatic N) is 2. The summed E-state index contributed by atoms with van der Waals surface area (Å²) in [5, 5.41) is 12.1. The number of amides is 1. The molecule has 0 unspecified atom stereocenters. The van der Waals surface area contributed by atoms with Crippen LogP contribution in [0.5, 0.6) is 0 Å². The largest absolute Gasteiger partial charge is 0.351 e. The van der Waals surface area contributed by atoms with Crippen LogP contribution >= 0.6 is 11.8 Å². The molecule has 0 saturated heterocycles. The van der Waals surface area contributed by atoms with Crippen LogP contribution in [0.25, 0.3) is 6.08 Å². The predicted octanol–water partition coefficient (Wildman–Crippen LogP) is 4.00. The van der Waals surface area contributed by atoms with Crippen molar-refractivity contribution in [2.75, 3.05) is 18.6 Å². The van der Waals surface area contributed by atoms with Crippen LogP contribution in [0.2, 0.25) is 0 Å². The van der Waals surface area contributed by atoms with Gasteiger partial charge in [-0.2, -0.15) is 17.0 Å².